The van der Waals surface area contributed by atoms with E-state index in [0.717, 1.165) is 34.4 Å². The molecule has 0 atom stereocenters. The Balaban J connectivity index is 1.64. The third-order valence-corrected chi connectivity index (χ3v) is 4.94. The van der Waals surface area contributed by atoms with Crippen molar-refractivity contribution in [3.63, 3.8) is 0 Å². The molecule has 0 radical (unpaired) electrons. The highest BCUT2D eigenvalue weighted by molar-refractivity contribution is 5.72. The molecule has 0 saturated heterocycles. The summed E-state index contributed by atoms with van der Waals surface area (Å²) in [6.07, 6.45) is 0. The fraction of sp³-hybridized carbons (Fsp3) is 0.0370. The van der Waals surface area contributed by atoms with Gasteiger partial charge in [0.2, 0.25) is 0 Å². The van der Waals surface area contributed by atoms with Crippen molar-refractivity contribution in [2.75, 3.05) is 0 Å². The van der Waals surface area contributed by atoms with Crippen LogP contribution in [-0.2, 0) is 0 Å². The molecule has 0 unspecified atom stereocenters. The van der Waals surface area contributed by atoms with Crippen molar-refractivity contribution >= 4 is 0 Å². The SMILES string of the molecule is Cc1cc(-c2ccc(-c3cc(F)c(F)c(F)c3)c(F)c2)ccc1C#Cc1ccccc1. The minimum absolute atomic E-state index is 0.0105. The van der Waals surface area contributed by atoms with Crippen molar-refractivity contribution < 1.29 is 17.6 Å². The summed E-state index contributed by atoms with van der Waals surface area (Å²) in [5.74, 6) is 1.29. The van der Waals surface area contributed by atoms with Crippen molar-refractivity contribution in [3.8, 4) is 34.1 Å². The summed E-state index contributed by atoms with van der Waals surface area (Å²) in [5, 5.41) is 0. The molecule has 31 heavy (non-hydrogen) atoms. The Hall–Kier alpha value is -3.84. The number of hydrogen-bond donors (Lipinski definition) is 0. The molecule has 4 rings (SSSR count). The maximum Gasteiger partial charge on any atom is 0.194 e. The predicted molar refractivity (Wildman–Crippen MR) is 114 cm³/mol. The Morgan fingerprint density at radius 2 is 1.19 bits per heavy atom. The fourth-order valence-electron chi connectivity index (χ4n) is 3.28. The number of benzene rings is 4. The lowest BCUT2D eigenvalue weighted by atomic mass is 9.97. The second kappa shape index (κ2) is 8.49. The van der Waals surface area contributed by atoms with E-state index < -0.39 is 23.3 Å². The highest BCUT2D eigenvalue weighted by Gasteiger charge is 2.14. The van der Waals surface area contributed by atoms with Gasteiger partial charge in [0.1, 0.15) is 5.82 Å². The fourth-order valence-corrected chi connectivity index (χ4v) is 3.28. The van der Waals surface area contributed by atoms with Gasteiger partial charge in [0.25, 0.3) is 0 Å². The third-order valence-electron chi connectivity index (χ3n) is 4.94. The van der Waals surface area contributed by atoms with Crippen LogP contribution in [0.25, 0.3) is 22.3 Å². The number of hydrogen-bond acceptors (Lipinski definition) is 0. The van der Waals surface area contributed by atoms with E-state index >= 15 is 0 Å². The lowest BCUT2D eigenvalue weighted by molar-refractivity contribution is 0.447. The van der Waals surface area contributed by atoms with Gasteiger partial charge >= 0.3 is 0 Å². The molecule has 0 bridgehead atoms. The Kier molecular flexibility index (Phi) is 5.60. The molecule has 0 saturated carbocycles. The first-order valence-electron chi connectivity index (χ1n) is 9.55. The molecular formula is C27H16F4. The lowest BCUT2D eigenvalue weighted by Crippen LogP contribution is -1.94. The summed E-state index contributed by atoms with van der Waals surface area (Å²) in [6.45, 7) is 1.92. The zero-order valence-electron chi connectivity index (χ0n) is 16.5. The smallest absolute Gasteiger partial charge is 0.194 e. The molecule has 152 valence electrons. The van der Waals surface area contributed by atoms with Crippen molar-refractivity contribution in [1.82, 2.24) is 0 Å². The molecule has 0 aliphatic rings. The van der Waals surface area contributed by atoms with Gasteiger partial charge in [-0.25, -0.2) is 17.6 Å². The zero-order chi connectivity index (χ0) is 22.0. The van der Waals surface area contributed by atoms with Crippen molar-refractivity contribution in [1.29, 1.82) is 0 Å². The van der Waals surface area contributed by atoms with Gasteiger partial charge in [-0.1, -0.05) is 54.3 Å². The molecular weight excluding hydrogens is 400 g/mol. The van der Waals surface area contributed by atoms with Gasteiger partial charge in [-0.2, -0.15) is 0 Å². The van der Waals surface area contributed by atoms with Crippen molar-refractivity contribution in [2.45, 2.75) is 6.92 Å². The third kappa shape index (κ3) is 4.36. The van der Waals surface area contributed by atoms with Gasteiger partial charge < -0.3 is 0 Å². The number of rotatable bonds is 2. The minimum atomic E-state index is -1.58. The van der Waals surface area contributed by atoms with Crippen LogP contribution >= 0.6 is 0 Å². The van der Waals surface area contributed by atoms with E-state index in [9.17, 15) is 17.6 Å². The van der Waals surface area contributed by atoms with Crippen LogP contribution in [0.3, 0.4) is 0 Å². The summed E-state index contributed by atoms with van der Waals surface area (Å²) >= 11 is 0. The quantitative estimate of drug-likeness (QED) is 0.183. The van der Waals surface area contributed by atoms with Gasteiger partial charge in [-0.15, -0.1) is 0 Å². The Morgan fingerprint density at radius 1 is 0.581 bits per heavy atom. The molecule has 0 nitrogen and oxygen atoms in total. The molecule has 0 fully saturated rings. The van der Waals surface area contributed by atoms with Crippen LogP contribution in [0.4, 0.5) is 17.6 Å². The summed E-state index contributed by atoms with van der Waals surface area (Å²) in [4.78, 5) is 0. The predicted octanol–water partition coefficient (Wildman–Crippen LogP) is 7.29. The van der Waals surface area contributed by atoms with E-state index in [1.54, 1.807) is 6.07 Å². The Labute approximate surface area is 177 Å². The molecule has 0 N–H and O–H groups in total. The van der Waals surface area contributed by atoms with Crippen LogP contribution in [-0.4, -0.2) is 0 Å². The van der Waals surface area contributed by atoms with Crippen LogP contribution in [0, 0.1) is 42.0 Å². The summed E-state index contributed by atoms with van der Waals surface area (Å²) < 4.78 is 54.9. The van der Waals surface area contributed by atoms with Crippen LogP contribution < -0.4 is 0 Å². The van der Waals surface area contributed by atoms with Gasteiger partial charge in [0.15, 0.2) is 17.5 Å². The number of aryl methyl sites for hydroxylation is 1. The maximum absolute atomic E-state index is 14.7. The largest absolute Gasteiger partial charge is 0.206 e. The molecule has 4 aromatic rings. The minimum Gasteiger partial charge on any atom is -0.206 e. The normalized spacial score (nSPS) is 10.5. The van der Waals surface area contributed by atoms with Crippen LogP contribution in [0.1, 0.15) is 16.7 Å². The standard InChI is InChI=1S/C27H16F4/c1-17-13-20(10-9-19(17)8-7-18-5-3-2-4-6-18)21-11-12-23(24(28)14-21)22-15-25(29)27(31)26(30)16-22/h2-6,9-16H,1H3. The average molecular weight is 416 g/mol. The van der Waals surface area contributed by atoms with E-state index in [1.807, 2.05) is 55.5 Å². The Morgan fingerprint density at radius 3 is 1.84 bits per heavy atom. The average Bonchev–Trinajstić information content (AvgIpc) is 2.77. The summed E-state index contributed by atoms with van der Waals surface area (Å²) in [5.41, 5.74) is 4.03. The summed E-state index contributed by atoms with van der Waals surface area (Å²) in [7, 11) is 0. The van der Waals surface area contributed by atoms with E-state index in [4.69, 9.17) is 0 Å². The van der Waals surface area contributed by atoms with Gasteiger partial charge in [-0.05, 0) is 65.6 Å². The van der Waals surface area contributed by atoms with E-state index in [-0.39, 0.29) is 11.1 Å². The van der Waals surface area contributed by atoms with E-state index in [2.05, 4.69) is 11.8 Å². The highest BCUT2D eigenvalue weighted by Crippen LogP contribution is 2.30. The molecule has 0 amide bonds. The molecule has 0 heterocycles. The van der Waals surface area contributed by atoms with Crippen LogP contribution in [0.2, 0.25) is 0 Å². The van der Waals surface area contributed by atoms with Gasteiger partial charge in [-0.3, -0.25) is 0 Å². The van der Waals surface area contributed by atoms with Crippen LogP contribution in [0.15, 0.2) is 78.9 Å². The summed E-state index contributed by atoms with van der Waals surface area (Å²) in [6, 6.07) is 21.2. The first-order valence-corrected chi connectivity index (χ1v) is 9.55. The topological polar surface area (TPSA) is 0 Å². The molecule has 0 aliphatic heterocycles. The van der Waals surface area contributed by atoms with Crippen LogP contribution in [0.5, 0.6) is 0 Å². The van der Waals surface area contributed by atoms with Crippen molar-refractivity contribution in [2.24, 2.45) is 0 Å². The van der Waals surface area contributed by atoms with E-state index in [0.29, 0.717) is 5.56 Å². The second-order valence-electron chi connectivity index (χ2n) is 7.09. The highest BCUT2D eigenvalue weighted by atomic mass is 19.2. The number of halogens is 4. The van der Waals surface area contributed by atoms with Crippen molar-refractivity contribution in [3.05, 3.63) is 119 Å². The molecule has 0 spiro atoms. The van der Waals surface area contributed by atoms with Gasteiger partial charge in [0, 0.05) is 16.7 Å². The first-order chi connectivity index (χ1) is 14.9. The van der Waals surface area contributed by atoms with Gasteiger partial charge in [0.05, 0.1) is 0 Å². The Bertz CT molecular complexity index is 1310. The zero-order valence-corrected chi connectivity index (χ0v) is 16.5. The first kappa shape index (κ1) is 20.4. The molecule has 4 heteroatoms. The molecule has 4 aromatic carbocycles. The van der Waals surface area contributed by atoms with E-state index in [1.165, 1.54) is 12.1 Å². The second-order valence-corrected chi connectivity index (χ2v) is 7.09. The maximum atomic E-state index is 14.7. The molecule has 0 aromatic heterocycles. The monoisotopic (exact) mass is 416 g/mol. The lowest BCUT2D eigenvalue weighted by Gasteiger charge is -2.09. The molecule has 0 aliphatic carbocycles.